The molecule has 8 nitrogen and oxygen atoms in total. The van der Waals surface area contributed by atoms with Crippen molar-refractivity contribution in [1.29, 1.82) is 0 Å². The topological polar surface area (TPSA) is 90.6 Å². The van der Waals surface area contributed by atoms with Gasteiger partial charge in [0.25, 0.3) is 11.8 Å². The van der Waals surface area contributed by atoms with Crippen LogP contribution in [0.4, 0.5) is 0 Å². The zero-order valence-electron chi connectivity index (χ0n) is 14.9. The molecular formula is C18H18N4O4S. The van der Waals surface area contributed by atoms with E-state index in [1.54, 1.807) is 28.4 Å². The standard InChI is InChI=1S/C18H18N4O4S/c1-24-14-6-5-12(16(19-14)25-2)18(23)22-8-7-11(10-22)15-20-17(26-21-15)13-4-3-9-27-13/h3-6,9,11H,7-8,10H2,1-2H3/t11-/m1/s1. The molecule has 0 unspecified atom stereocenters. The molecule has 0 aliphatic carbocycles. The number of thiophene rings is 1. The highest BCUT2D eigenvalue weighted by Gasteiger charge is 2.32. The van der Waals surface area contributed by atoms with E-state index in [-0.39, 0.29) is 17.7 Å². The first-order valence-electron chi connectivity index (χ1n) is 8.45. The van der Waals surface area contributed by atoms with Crippen molar-refractivity contribution in [2.75, 3.05) is 27.3 Å². The van der Waals surface area contributed by atoms with E-state index in [1.807, 2.05) is 17.5 Å². The Labute approximate surface area is 159 Å². The molecule has 1 atom stereocenters. The maximum atomic E-state index is 12.9. The maximum absolute atomic E-state index is 12.9. The second-order valence-corrected chi connectivity index (χ2v) is 7.03. The van der Waals surface area contributed by atoms with Crippen LogP contribution in [0.2, 0.25) is 0 Å². The van der Waals surface area contributed by atoms with Gasteiger partial charge in [0.05, 0.1) is 19.1 Å². The van der Waals surface area contributed by atoms with Crippen molar-refractivity contribution in [3.05, 3.63) is 41.0 Å². The summed E-state index contributed by atoms with van der Waals surface area (Å²) in [5, 5.41) is 6.07. The van der Waals surface area contributed by atoms with Gasteiger partial charge in [-0.05, 0) is 23.9 Å². The molecule has 27 heavy (non-hydrogen) atoms. The highest BCUT2D eigenvalue weighted by Crippen LogP contribution is 2.31. The van der Waals surface area contributed by atoms with Gasteiger partial charge in [-0.1, -0.05) is 11.2 Å². The second kappa shape index (κ2) is 7.36. The molecular weight excluding hydrogens is 368 g/mol. The number of carbonyl (C=O) groups is 1. The Kier molecular flexibility index (Phi) is 4.76. The number of pyridine rings is 1. The van der Waals surface area contributed by atoms with E-state index in [0.29, 0.717) is 36.2 Å². The molecule has 4 rings (SSSR count). The third-order valence-electron chi connectivity index (χ3n) is 4.48. The van der Waals surface area contributed by atoms with Crippen LogP contribution in [0.15, 0.2) is 34.2 Å². The van der Waals surface area contributed by atoms with Gasteiger partial charge in [0.1, 0.15) is 5.56 Å². The Morgan fingerprint density at radius 1 is 1.26 bits per heavy atom. The first-order valence-corrected chi connectivity index (χ1v) is 9.33. The fourth-order valence-electron chi connectivity index (χ4n) is 3.08. The molecule has 0 N–H and O–H groups in total. The lowest BCUT2D eigenvalue weighted by Crippen LogP contribution is -2.29. The minimum atomic E-state index is -0.133. The second-order valence-electron chi connectivity index (χ2n) is 6.08. The van der Waals surface area contributed by atoms with Crippen LogP contribution < -0.4 is 9.47 Å². The van der Waals surface area contributed by atoms with Gasteiger partial charge >= 0.3 is 0 Å². The largest absolute Gasteiger partial charge is 0.481 e. The van der Waals surface area contributed by atoms with Crippen LogP contribution >= 0.6 is 11.3 Å². The molecule has 1 saturated heterocycles. The molecule has 0 radical (unpaired) electrons. The fraction of sp³-hybridized carbons (Fsp3) is 0.333. The molecule has 140 valence electrons. The van der Waals surface area contributed by atoms with E-state index in [9.17, 15) is 4.79 Å². The Hall–Kier alpha value is -2.94. The number of methoxy groups -OCH3 is 2. The van der Waals surface area contributed by atoms with Crippen LogP contribution in [0.1, 0.15) is 28.5 Å². The highest BCUT2D eigenvalue weighted by molar-refractivity contribution is 7.13. The van der Waals surface area contributed by atoms with E-state index in [2.05, 4.69) is 15.1 Å². The van der Waals surface area contributed by atoms with Crippen LogP contribution in [0.25, 0.3) is 10.8 Å². The Morgan fingerprint density at radius 2 is 2.15 bits per heavy atom. The Bertz CT molecular complexity index is 941. The normalized spacial score (nSPS) is 16.5. The molecule has 9 heteroatoms. The van der Waals surface area contributed by atoms with Crippen LogP contribution in [0, 0.1) is 0 Å². The highest BCUT2D eigenvalue weighted by atomic mass is 32.1. The zero-order valence-corrected chi connectivity index (χ0v) is 15.7. The average Bonchev–Trinajstić information content (AvgIpc) is 3.46. The molecule has 0 spiro atoms. The quantitative estimate of drug-likeness (QED) is 0.666. The minimum Gasteiger partial charge on any atom is -0.481 e. The van der Waals surface area contributed by atoms with Gasteiger partial charge in [-0.15, -0.1) is 11.3 Å². The van der Waals surface area contributed by atoms with E-state index in [4.69, 9.17) is 14.0 Å². The van der Waals surface area contributed by atoms with E-state index in [1.165, 1.54) is 14.2 Å². The summed E-state index contributed by atoms with van der Waals surface area (Å²) in [6, 6.07) is 7.20. The summed E-state index contributed by atoms with van der Waals surface area (Å²) in [6.45, 7) is 1.14. The summed E-state index contributed by atoms with van der Waals surface area (Å²) in [6.07, 6.45) is 0.779. The van der Waals surface area contributed by atoms with Gasteiger partial charge in [-0.3, -0.25) is 4.79 Å². The lowest BCUT2D eigenvalue weighted by Gasteiger charge is -2.17. The molecule has 0 aromatic carbocycles. The Morgan fingerprint density at radius 3 is 2.89 bits per heavy atom. The number of amides is 1. The number of hydrogen-bond donors (Lipinski definition) is 0. The van der Waals surface area contributed by atoms with Crippen molar-refractivity contribution < 1.29 is 18.8 Å². The van der Waals surface area contributed by atoms with E-state index >= 15 is 0 Å². The summed E-state index contributed by atoms with van der Waals surface area (Å²) in [7, 11) is 3.00. The summed E-state index contributed by atoms with van der Waals surface area (Å²) < 4.78 is 15.7. The third-order valence-corrected chi connectivity index (χ3v) is 5.34. The maximum Gasteiger partial charge on any atom is 0.267 e. The number of hydrogen-bond acceptors (Lipinski definition) is 8. The summed E-state index contributed by atoms with van der Waals surface area (Å²) in [5.41, 5.74) is 0.409. The molecule has 1 aliphatic rings. The molecule has 1 amide bonds. The SMILES string of the molecule is COc1ccc(C(=O)N2CC[C@@H](c3noc(-c4cccs4)n3)C2)c(OC)n1. The molecule has 3 aromatic rings. The summed E-state index contributed by atoms with van der Waals surface area (Å²) in [5.74, 6) is 1.72. The van der Waals surface area contributed by atoms with Gasteiger partial charge in [-0.25, -0.2) is 0 Å². The molecule has 4 heterocycles. The molecule has 1 fully saturated rings. The van der Waals surface area contributed by atoms with E-state index in [0.717, 1.165) is 11.3 Å². The number of carbonyl (C=O) groups excluding carboxylic acids is 1. The lowest BCUT2D eigenvalue weighted by molar-refractivity contribution is 0.0786. The summed E-state index contributed by atoms with van der Waals surface area (Å²) >= 11 is 1.55. The monoisotopic (exact) mass is 386 g/mol. The minimum absolute atomic E-state index is 0.0450. The summed E-state index contributed by atoms with van der Waals surface area (Å²) in [4.78, 5) is 24.3. The van der Waals surface area contributed by atoms with Gasteiger partial charge in [0.2, 0.25) is 11.8 Å². The number of nitrogens with zero attached hydrogens (tertiary/aromatic N) is 4. The molecule has 1 aliphatic heterocycles. The lowest BCUT2D eigenvalue weighted by atomic mass is 10.1. The van der Waals surface area contributed by atoms with Crippen molar-refractivity contribution in [2.45, 2.75) is 12.3 Å². The predicted octanol–water partition coefficient (Wildman–Crippen LogP) is 2.84. The Balaban J connectivity index is 1.49. The van der Waals surface area contributed by atoms with Crippen LogP contribution in [-0.4, -0.2) is 53.2 Å². The molecule has 3 aromatic heterocycles. The number of aromatic nitrogens is 3. The van der Waals surface area contributed by atoms with Crippen molar-refractivity contribution >= 4 is 17.2 Å². The molecule has 0 bridgehead atoms. The number of rotatable bonds is 5. The van der Waals surface area contributed by atoms with E-state index < -0.39 is 0 Å². The van der Waals surface area contributed by atoms with Crippen molar-refractivity contribution in [3.8, 4) is 22.5 Å². The first-order chi connectivity index (χ1) is 13.2. The zero-order chi connectivity index (χ0) is 18.8. The smallest absolute Gasteiger partial charge is 0.267 e. The average molecular weight is 386 g/mol. The first kappa shape index (κ1) is 17.5. The van der Waals surface area contributed by atoms with Gasteiger partial charge in [-0.2, -0.15) is 9.97 Å². The predicted molar refractivity (Wildman–Crippen MR) is 98.2 cm³/mol. The third kappa shape index (κ3) is 3.37. The molecule has 0 saturated carbocycles. The van der Waals surface area contributed by atoms with Crippen LogP contribution in [0.5, 0.6) is 11.8 Å². The number of likely N-dealkylation sites (tertiary alicyclic amines) is 1. The van der Waals surface area contributed by atoms with Crippen LogP contribution in [-0.2, 0) is 0 Å². The van der Waals surface area contributed by atoms with Gasteiger partial charge in [0.15, 0.2) is 5.82 Å². The van der Waals surface area contributed by atoms with Gasteiger partial charge in [0, 0.05) is 25.1 Å². The van der Waals surface area contributed by atoms with Crippen molar-refractivity contribution in [3.63, 3.8) is 0 Å². The van der Waals surface area contributed by atoms with Gasteiger partial charge < -0.3 is 18.9 Å². The number of ether oxygens (including phenoxy) is 2. The fourth-order valence-corrected chi connectivity index (χ4v) is 3.73. The van der Waals surface area contributed by atoms with Crippen molar-refractivity contribution in [1.82, 2.24) is 20.0 Å². The van der Waals surface area contributed by atoms with Crippen molar-refractivity contribution in [2.24, 2.45) is 0 Å². The van der Waals surface area contributed by atoms with Crippen LogP contribution in [0.3, 0.4) is 0 Å².